The van der Waals surface area contributed by atoms with Crippen molar-refractivity contribution in [2.75, 3.05) is 18.0 Å². The van der Waals surface area contributed by atoms with E-state index in [2.05, 4.69) is 37.1 Å². The van der Waals surface area contributed by atoms with Gasteiger partial charge in [0.2, 0.25) is 0 Å². The first-order valence-corrected chi connectivity index (χ1v) is 8.12. The van der Waals surface area contributed by atoms with E-state index in [1.807, 2.05) is 0 Å². The fourth-order valence-electron chi connectivity index (χ4n) is 3.22. The lowest BCUT2D eigenvalue weighted by molar-refractivity contribution is 0.568. The molecule has 0 aromatic carbocycles. The van der Waals surface area contributed by atoms with Crippen molar-refractivity contribution in [3.05, 3.63) is 22.9 Å². The van der Waals surface area contributed by atoms with Crippen LogP contribution in [0.25, 0.3) is 0 Å². The van der Waals surface area contributed by atoms with Crippen LogP contribution in [0.15, 0.2) is 6.07 Å². The van der Waals surface area contributed by atoms with Crippen LogP contribution in [0.2, 0.25) is 0 Å². The second-order valence-electron chi connectivity index (χ2n) is 6.55. The summed E-state index contributed by atoms with van der Waals surface area (Å²) in [5, 5.41) is 3.66. The zero-order chi connectivity index (χ0) is 14.1. The molecule has 1 unspecified atom stereocenters. The van der Waals surface area contributed by atoms with Gasteiger partial charge in [0, 0.05) is 36.9 Å². The summed E-state index contributed by atoms with van der Waals surface area (Å²) in [5.41, 5.74) is 3.95. The Morgan fingerprint density at radius 2 is 2.10 bits per heavy atom. The third-order valence-corrected chi connectivity index (χ3v) is 4.76. The van der Waals surface area contributed by atoms with E-state index in [0.29, 0.717) is 0 Å². The number of pyridine rings is 1. The Morgan fingerprint density at radius 1 is 1.30 bits per heavy atom. The van der Waals surface area contributed by atoms with Crippen molar-refractivity contribution in [2.45, 2.75) is 59.0 Å². The highest BCUT2D eigenvalue weighted by atomic mass is 15.2. The van der Waals surface area contributed by atoms with Gasteiger partial charge in [-0.25, -0.2) is 4.98 Å². The highest BCUT2D eigenvalue weighted by Gasteiger charge is 2.26. The molecular formula is C17H27N3. The first kappa shape index (κ1) is 13.9. The Morgan fingerprint density at radius 3 is 2.75 bits per heavy atom. The van der Waals surface area contributed by atoms with Crippen molar-refractivity contribution in [3.8, 4) is 0 Å². The molecule has 1 saturated carbocycles. The molecule has 1 aromatic rings. The molecule has 0 spiro atoms. The van der Waals surface area contributed by atoms with E-state index >= 15 is 0 Å². The highest BCUT2D eigenvalue weighted by Crippen LogP contribution is 2.30. The fraction of sp³-hybridized carbons (Fsp3) is 0.706. The zero-order valence-corrected chi connectivity index (χ0v) is 13.1. The van der Waals surface area contributed by atoms with Crippen LogP contribution in [-0.4, -0.2) is 24.1 Å². The molecule has 1 atom stereocenters. The molecule has 110 valence electrons. The minimum atomic E-state index is 0.755. The summed E-state index contributed by atoms with van der Waals surface area (Å²) >= 11 is 0. The molecular weight excluding hydrogens is 246 g/mol. The number of rotatable bonds is 5. The van der Waals surface area contributed by atoms with Crippen molar-refractivity contribution in [2.24, 2.45) is 5.92 Å². The van der Waals surface area contributed by atoms with Crippen molar-refractivity contribution >= 4 is 5.82 Å². The number of aromatic nitrogens is 1. The van der Waals surface area contributed by atoms with E-state index in [1.54, 1.807) is 0 Å². The summed E-state index contributed by atoms with van der Waals surface area (Å²) in [7, 11) is 0. The van der Waals surface area contributed by atoms with Gasteiger partial charge in [0.15, 0.2) is 0 Å². The largest absolute Gasteiger partial charge is 0.356 e. The number of nitrogens with zero attached hydrogens (tertiary/aromatic N) is 2. The van der Waals surface area contributed by atoms with E-state index in [1.165, 1.54) is 55.7 Å². The maximum Gasteiger partial charge on any atom is 0.133 e. The highest BCUT2D eigenvalue weighted by molar-refractivity contribution is 5.52. The Hall–Kier alpha value is -1.09. The van der Waals surface area contributed by atoms with Crippen molar-refractivity contribution in [3.63, 3.8) is 0 Å². The van der Waals surface area contributed by atoms with Gasteiger partial charge in [-0.3, -0.25) is 0 Å². The van der Waals surface area contributed by atoms with Gasteiger partial charge in [0.1, 0.15) is 5.82 Å². The normalized spacial score (nSPS) is 22.6. The number of hydrogen-bond acceptors (Lipinski definition) is 3. The van der Waals surface area contributed by atoms with E-state index < -0.39 is 0 Å². The molecule has 2 heterocycles. The zero-order valence-electron chi connectivity index (χ0n) is 13.1. The lowest BCUT2D eigenvalue weighted by Gasteiger charge is -2.23. The predicted molar refractivity (Wildman–Crippen MR) is 84.2 cm³/mol. The third kappa shape index (κ3) is 2.98. The number of aryl methyl sites for hydroxylation is 2. The minimum absolute atomic E-state index is 0.755. The standard InChI is InChI=1S/C17H27N3/c1-4-14-7-8-20(11-14)17-16(10-18-15-5-6-15)12(2)9-13(3)19-17/h9,14-15,18H,4-8,10-11H2,1-3H3. The van der Waals surface area contributed by atoms with Gasteiger partial charge in [-0.2, -0.15) is 0 Å². The maximum absolute atomic E-state index is 4.87. The summed E-state index contributed by atoms with van der Waals surface area (Å²) < 4.78 is 0. The topological polar surface area (TPSA) is 28.2 Å². The molecule has 0 radical (unpaired) electrons. The smallest absolute Gasteiger partial charge is 0.133 e. The summed E-state index contributed by atoms with van der Waals surface area (Å²) in [5.74, 6) is 2.09. The van der Waals surface area contributed by atoms with Crippen molar-refractivity contribution in [1.29, 1.82) is 0 Å². The van der Waals surface area contributed by atoms with E-state index in [4.69, 9.17) is 4.98 Å². The average Bonchev–Trinajstić information content (AvgIpc) is 3.12. The summed E-state index contributed by atoms with van der Waals surface area (Å²) in [6.45, 7) is 9.98. The molecule has 3 heteroatoms. The quantitative estimate of drug-likeness (QED) is 0.893. The van der Waals surface area contributed by atoms with Crippen LogP contribution in [0.3, 0.4) is 0 Å². The molecule has 1 N–H and O–H groups in total. The summed E-state index contributed by atoms with van der Waals surface area (Å²) in [6.07, 6.45) is 5.29. The molecule has 20 heavy (non-hydrogen) atoms. The minimum Gasteiger partial charge on any atom is -0.356 e. The second kappa shape index (κ2) is 5.72. The Labute approximate surface area is 122 Å². The molecule has 0 amide bonds. The Kier molecular flexibility index (Phi) is 3.97. The predicted octanol–water partition coefficient (Wildman–Crippen LogP) is 3.19. The molecule has 1 aliphatic carbocycles. The monoisotopic (exact) mass is 273 g/mol. The van der Waals surface area contributed by atoms with Crippen LogP contribution < -0.4 is 10.2 Å². The van der Waals surface area contributed by atoms with Crippen molar-refractivity contribution < 1.29 is 0 Å². The van der Waals surface area contributed by atoms with Gasteiger partial charge in [0.25, 0.3) is 0 Å². The Balaban J connectivity index is 1.82. The van der Waals surface area contributed by atoms with Gasteiger partial charge in [-0.05, 0) is 50.7 Å². The summed E-state index contributed by atoms with van der Waals surface area (Å²) in [6, 6.07) is 2.98. The molecule has 1 aliphatic heterocycles. The number of anilines is 1. The molecule has 3 rings (SSSR count). The van der Waals surface area contributed by atoms with Crippen LogP contribution in [0, 0.1) is 19.8 Å². The first-order chi connectivity index (χ1) is 9.67. The molecule has 2 aliphatic rings. The molecule has 1 saturated heterocycles. The van der Waals surface area contributed by atoms with Gasteiger partial charge in [-0.1, -0.05) is 13.3 Å². The lowest BCUT2D eigenvalue weighted by Crippen LogP contribution is -2.25. The first-order valence-electron chi connectivity index (χ1n) is 8.12. The van der Waals surface area contributed by atoms with E-state index in [-0.39, 0.29) is 0 Å². The lowest BCUT2D eigenvalue weighted by atomic mass is 10.1. The molecule has 1 aromatic heterocycles. The van der Waals surface area contributed by atoms with E-state index in [9.17, 15) is 0 Å². The van der Waals surface area contributed by atoms with Crippen LogP contribution in [0.4, 0.5) is 5.82 Å². The van der Waals surface area contributed by atoms with Gasteiger partial charge < -0.3 is 10.2 Å². The van der Waals surface area contributed by atoms with Crippen LogP contribution in [-0.2, 0) is 6.54 Å². The summed E-state index contributed by atoms with van der Waals surface area (Å²) in [4.78, 5) is 7.38. The van der Waals surface area contributed by atoms with Crippen LogP contribution >= 0.6 is 0 Å². The number of nitrogens with one attached hydrogen (secondary N) is 1. The fourth-order valence-corrected chi connectivity index (χ4v) is 3.22. The molecule has 3 nitrogen and oxygen atoms in total. The van der Waals surface area contributed by atoms with Gasteiger partial charge in [0.05, 0.1) is 0 Å². The van der Waals surface area contributed by atoms with Crippen LogP contribution in [0.5, 0.6) is 0 Å². The third-order valence-electron chi connectivity index (χ3n) is 4.76. The maximum atomic E-state index is 4.87. The molecule has 2 fully saturated rings. The molecule has 0 bridgehead atoms. The SMILES string of the molecule is CCC1CCN(c2nc(C)cc(C)c2CNC2CC2)C1. The van der Waals surface area contributed by atoms with Gasteiger partial charge >= 0.3 is 0 Å². The Bertz CT molecular complexity index is 479. The number of hydrogen-bond donors (Lipinski definition) is 1. The van der Waals surface area contributed by atoms with Gasteiger partial charge in [-0.15, -0.1) is 0 Å². The average molecular weight is 273 g/mol. The van der Waals surface area contributed by atoms with Crippen LogP contribution in [0.1, 0.15) is 49.4 Å². The van der Waals surface area contributed by atoms with E-state index in [0.717, 1.165) is 24.2 Å². The second-order valence-corrected chi connectivity index (χ2v) is 6.55. The van der Waals surface area contributed by atoms with Crippen molar-refractivity contribution in [1.82, 2.24) is 10.3 Å².